The molecule has 4 heteroatoms. The molecule has 0 fully saturated rings. The van der Waals surface area contributed by atoms with Gasteiger partial charge in [0, 0.05) is 18.5 Å². The Morgan fingerprint density at radius 1 is 1.33 bits per heavy atom. The van der Waals surface area contributed by atoms with E-state index in [1.165, 1.54) is 7.11 Å². The lowest BCUT2D eigenvalue weighted by atomic mass is 10.2. The van der Waals surface area contributed by atoms with Gasteiger partial charge in [-0.3, -0.25) is 0 Å². The zero-order valence-corrected chi connectivity index (χ0v) is 8.31. The molecule has 2 N–H and O–H groups in total. The third-order valence-corrected chi connectivity index (χ3v) is 1.70. The fourth-order valence-electron chi connectivity index (χ4n) is 1.06. The van der Waals surface area contributed by atoms with E-state index >= 15 is 0 Å². The molecule has 0 saturated heterocycles. The maximum absolute atomic E-state index is 13.2. The van der Waals surface area contributed by atoms with Crippen molar-refractivity contribution in [1.29, 1.82) is 0 Å². The molecular weight excluding hydrogens is 200 g/mol. The Bertz CT molecular complexity index is 384. The Kier molecular flexibility index (Phi) is 4.07. The number of halogens is 2. The van der Waals surface area contributed by atoms with Crippen molar-refractivity contribution in [2.75, 3.05) is 13.7 Å². The van der Waals surface area contributed by atoms with E-state index in [9.17, 15) is 8.78 Å². The molecule has 0 aliphatic carbocycles. The molecule has 80 valence electrons. The maximum Gasteiger partial charge on any atom is 0.190 e. The van der Waals surface area contributed by atoms with E-state index < -0.39 is 11.6 Å². The Balaban J connectivity index is 3.00. The normalized spacial score (nSPS) is 9.33. The quantitative estimate of drug-likeness (QED) is 0.755. The predicted octanol–water partition coefficient (Wildman–Crippen LogP) is 1.67. The van der Waals surface area contributed by atoms with E-state index in [-0.39, 0.29) is 11.3 Å². The first-order chi connectivity index (χ1) is 7.19. The van der Waals surface area contributed by atoms with Crippen LogP contribution in [0.1, 0.15) is 12.0 Å². The minimum absolute atomic E-state index is 0.277. The largest absolute Gasteiger partial charge is 0.491 e. The Hall–Kier alpha value is -1.60. The van der Waals surface area contributed by atoms with Gasteiger partial charge in [0.1, 0.15) is 0 Å². The van der Waals surface area contributed by atoms with E-state index in [0.717, 1.165) is 12.1 Å². The number of ether oxygens (including phenoxy) is 1. The lowest BCUT2D eigenvalue weighted by Gasteiger charge is -2.03. The van der Waals surface area contributed by atoms with Gasteiger partial charge in [0.05, 0.1) is 7.11 Å². The van der Waals surface area contributed by atoms with Crippen LogP contribution in [-0.2, 0) is 0 Å². The van der Waals surface area contributed by atoms with Gasteiger partial charge in [-0.15, -0.1) is 0 Å². The highest BCUT2D eigenvalue weighted by Crippen LogP contribution is 2.22. The van der Waals surface area contributed by atoms with Crippen LogP contribution in [0.2, 0.25) is 0 Å². The number of benzene rings is 1. The molecule has 0 spiro atoms. The van der Waals surface area contributed by atoms with Gasteiger partial charge in [0.2, 0.25) is 0 Å². The lowest BCUT2D eigenvalue weighted by Crippen LogP contribution is -1.96. The number of rotatable bonds is 2. The summed E-state index contributed by atoms with van der Waals surface area (Å²) in [6, 6.07) is 2.26. The van der Waals surface area contributed by atoms with Crippen molar-refractivity contribution in [1.82, 2.24) is 0 Å². The van der Waals surface area contributed by atoms with E-state index in [0.29, 0.717) is 13.0 Å². The molecule has 0 bridgehead atoms. The second kappa shape index (κ2) is 5.32. The second-order valence-corrected chi connectivity index (χ2v) is 2.81. The summed E-state index contributed by atoms with van der Waals surface area (Å²) in [7, 11) is 1.21. The molecule has 1 aromatic carbocycles. The molecule has 0 atom stereocenters. The van der Waals surface area contributed by atoms with Crippen molar-refractivity contribution in [3.05, 3.63) is 29.3 Å². The third kappa shape index (κ3) is 2.93. The molecule has 0 aliphatic rings. The standard InChI is InChI=1S/C11H11F2NO/c1-15-11-9(12)6-8(7-10(11)13)4-2-3-5-14/h6-7H,3,5,14H2,1H3. The predicted molar refractivity (Wildman–Crippen MR) is 53.5 cm³/mol. The molecule has 0 saturated carbocycles. The molecule has 2 nitrogen and oxygen atoms in total. The molecule has 15 heavy (non-hydrogen) atoms. The topological polar surface area (TPSA) is 35.2 Å². The summed E-state index contributed by atoms with van der Waals surface area (Å²) < 4.78 is 30.9. The SMILES string of the molecule is COc1c(F)cc(C#CCCN)cc1F. The molecule has 0 unspecified atom stereocenters. The molecule has 1 rings (SSSR count). The van der Waals surface area contributed by atoms with Crippen molar-refractivity contribution in [3.63, 3.8) is 0 Å². The summed E-state index contributed by atoms with van der Waals surface area (Å²) in [5, 5.41) is 0. The molecule has 0 aliphatic heterocycles. The smallest absolute Gasteiger partial charge is 0.190 e. The van der Waals surface area contributed by atoms with Gasteiger partial charge in [-0.2, -0.15) is 0 Å². The first-order valence-corrected chi connectivity index (χ1v) is 4.41. The van der Waals surface area contributed by atoms with Crippen LogP contribution in [0.3, 0.4) is 0 Å². The minimum atomic E-state index is -0.755. The summed E-state index contributed by atoms with van der Waals surface area (Å²) in [6.45, 7) is 0.425. The Morgan fingerprint density at radius 2 is 1.93 bits per heavy atom. The summed E-state index contributed by atoms with van der Waals surface area (Å²) in [4.78, 5) is 0. The van der Waals surface area contributed by atoms with Crippen LogP contribution < -0.4 is 10.5 Å². The first-order valence-electron chi connectivity index (χ1n) is 4.41. The average molecular weight is 211 g/mol. The van der Waals surface area contributed by atoms with Crippen LogP contribution in [0, 0.1) is 23.5 Å². The average Bonchev–Trinajstić information content (AvgIpc) is 2.18. The molecule has 0 radical (unpaired) electrons. The van der Waals surface area contributed by atoms with Crippen LogP contribution in [0.4, 0.5) is 8.78 Å². The van der Waals surface area contributed by atoms with Crippen LogP contribution in [0.25, 0.3) is 0 Å². The van der Waals surface area contributed by atoms with Crippen molar-refractivity contribution in [2.24, 2.45) is 5.73 Å². The lowest BCUT2D eigenvalue weighted by molar-refractivity contribution is 0.359. The van der Waals surface area contributed by atoms with Gasteiger partial charge in [-0.1, -0.05) is 11.8 Å². The fraction of sp³-hybridized carbons (Fsp3) is 0.273. The van der Waals surface area contributed by atoms with Crippen LogP contribution >= 0.6 is 0 Å². The van der Waals surface area contributed by atoms with Gasteiger partial charge in [-0.25, -0.2) is 8.78 Å². The van der Waals surface area contributed by atoms with E-state index in [1.54, 1.807) is 0 Å². The van der Waals surface area contributed by atoms with E-state index in [2.05, 4.69) is 16.6 Å². The number of methoxy groups -OCH3 is 1. The van der Waals surface area contributed by atoms with Crippen molar-refractivity contribution < 1.29 is 13.5 Å². The van der Waals surface area contributed by atoms with Crippen LogP contribution in [-0.4, -0.2) is 13.7 Å². The van der Waals surface area contributed by atoms with Gasteiger partial charge in [-0.05, 0) is 12.1 Å². The third-order valence-electron chi connectivity index (χ3n) is 1.70. The summed E-state index contributed by atoms with van der Waals surface area (Å²) in [5.74, 6) is 3.41. The van der Waals surface area contributed by atoms with Gasteiger partial charge < -0.3 is 10.5 Å². The Morgan fingerprint density at radius 3 is 2.40 bits per heavy atom. The number of hydrogen-bond donors (Lipinski definition) is 1. The zero-order chi connectivity index (χ0) is 11.3. The van der Waals surface area contributed by atoms with E-state index in [1.807, 2.05) is 0 Å². The summed E-state index contributed by atoms with van der Waals surface area (Å²) in [6.07, 6.45) is 0.495. The van der Waals surface area contributed by atoms with Crippen molar-refractivity contribution >= 4 is 0 Å². The van der Waals surface area contributed by atoms with Crippen molar-refractivity contribution in [2.45, 2.75) is 6.42 Å². The zero-order valence-electron chi connectivity index (χ0n) is 8.31. The molecule has 1 aromatic rings. The van der Waals surface area contributed by atoms with E-state index in [4.69, 9.17) is 5.73 Å². The molecular formula is C11H11F2NO. The van der Waals surface area contributed by atoms with Gasteiger partial charge in [0.25, 0.3) is 0 Å². The summed E-state index contributed by atoms with van der Waals surface area (Å²) >= 11 is 0. The van der Waals surface area contributed by atoms with Crippen LogP contribution in [0.5, 0.6) is 5.75 Å². The minimum Gasteiger partial charge on any atom is -0.491 e. The maximum atomic E-state index is 13.2. The highest BCUT2D eigenvalue weighted by molar-refractivity contribution is 5.40. The first kappa shape index (κ1) is 11.5. The number of nitrogens with two attached hydrogens (primary N) is 1. The Labute approximate surface area is 87.0 Å². The van der Waals surface area contributed by atoms with Gasteiger partial charge >= 0.3 is 0 Å². The van der Waals surface area contributed by atoms with Crippen molar-refractivity contribution in [3.8, 4) is 17.6 Å². The monoisotopic (exact) mass is 211 g/mol. The number of hydrogen-bond acceptors (Lipinski definition) is 2. The molecule has 0 amide bonds. The molecule has 0 aromatic heterocycles. The fourth-order valence-corrected chi connectivity index (χ4v) is 1.06. The summed E-state index contributed by atoms with van der Waals surface area (Å²) in [5.41, 5.74) is 5.50. The van der Waals surface area contributed by atoms with Gasteiger partial charge in [0.15, 0.2) is 17.4 Å². The second-order valence-electron chi connectivity index (χ2n) is 2.81. The highest BCUT2D eigenvalue weighted by Gasteiger charge is 2.10. The van der Waals surface area contributed by atoms with Crippen LogP contribution in [0.15, 0.2) is 12.1 Å². The molecule has 0 heterocycles. The highest BCUT2D eigenvalue weighted by atomic mass is 19.1.